The second kappa shape index (κ2) is 14.1. The van der Waals surface area contributed by atoms with Gasteiger partial charge in [0.1, 0.15) is 12.4 Å². The molecule has 4 rings (SSSR count). The highest BCUT2D eigenvalue weighted by molar-refractivity contribution is 7.30. The molecule has 0 aliphatic heterocycles. The van der Waals surface area contributed by atoms with Crippen molar-refractivity contribution < 1.29 is 14.0 Å². The normalized spacial score (nSPS) is 12.1. The summed E-state index contributed by atoms with van der Waals surface area (Å²) >= 11 is 3.28. The topological polar surface area (TPSA) is 38.8 Å². The number of anilines is 1. The molecule has 2 aromatic carbocycles. The van der Waals surface area contributed by atoms with Crippen LogP contribution in [-0.2, 0) is 11.0 Å². The highest BCUT2D eigenvalue weighted by atomic mass is 32.1. The van der Waals surface area contributed by atoms with Crippen LogP contribution in [0.2, 0.25) is 18.1 Å². The number of unbranched alkanes of at least 4 members (excludes halogenated alkanes) is 4. The standard InChI is InChI=1S/C34H45NO3S2Si/c1-34(2,3)41(5,6)38-20-14-9-7-8-13-19-35(4)29-18-17-27(21-30(29)37-25-26-15-11-10-12-16-26)31-23-33-32(40-31)22-28(24-36)39-33/h10-12,15-18,21-24H,7-9,13-14,19-20,25H2,1-6H3. The van der Waals surface area contributed by atoms with Crippen molar-refractivity contribution in [2.24, 2.45) is 0 Å². The van der Waals surface area contributed by atoms with E-state index < -0.39 is 8.32 Å². The number of hydrogen-bond acceptors (Lipinski definition) is 6. The van der Waals surface area contributed by atoms with Crippen LogP contribution in [0.3, 0.4) is 0 Å². The second-order valence-electron chi connectivity index (χ2n) is 12.4. The molecule has 0 bridgehead atoms. The molecule has 0 atom stereocenters. The van der Waals surface area contributed by atoms with Crippen LogP contribution in [0.25, 0.3) is 19.8 Å². The van der Waals surface area contributed by atoms with Crippen molar-refractivity contribution in [3.05, 3.63) is 71.1 Å². The zero-order chi connectivity index (χ0) is 29.5. The fourth-order valence-corrected chi connectivity index (χ4v) is 7.84. The van der Waals surface area contributed by atoms with Gasteiger partial charge in [-0.15, -0.1) is 22.7 Å². The van der Waals surface area contributed by atoms with Gasteiger partial charge in [0.25, 0.3) is 0 Å². The van der Waals surface area contributed by atoms with E-state index in [1.165, 1.54) is 24.1 Å². The fraction of sp³-hybridized carbons (Fsp3) is 0.441. The van der Waals surface area contributed by atoms with Crippen molar-refractivity contribution in [1.29, 1.82) is 0 Å². The van der Waals surface area contributed by atoms with Crippen molar-refractivity contribution in [1.82, 2.24) is 0 Å². The molecule has 7 heteroatoms. The second-order valence-corrected chi connectivity index (χ2v) is 19.4. The van der Waals surface area contributed by atoms with E-state index in [0.29, 0.717) is 6.61 Å². The summed E-state index contributed by atoms with van der Waals surface area (Å²) < 4.78 is 15.1. The van der Waals surface area contributed by atoms with Crippen LogP contribution in [0.4, 0.5) is 5.69 Å². The minimum atomic E-state index is -1.63. The summed E-state index contributed by atoms with van der Waals surface area (Å²) in [5.74, 6) is 0.905. The number of hydrogen-bond donors (Lipinski definition) is 0. The van der Waals surface area contributed by atoms with Crippen LogP contribution < -0.4 is 9.64 Å². The minimum Gasteiger partial charge on any atom is -0.487 e. The summed E-state index contributed by atoms with van der Waals surface area (Å²) in [6, 6.07) is 21.1. The Morgan fingerprint density at radius 1 is 0.878 bits per heavy atom. The molecular weight excluding hydrogens is 563 g/mol. The Morgan fingerprint density at radius 3 is 2.29 bits per heavy atom. The van der Waals surface area contributed by atoms with Gasteiger partial charge in [-0.2, -0.15) is 0 Å². The van der Waals surface area contributed by atoms with E-state index >= 15 is 0 Å². The van der Waals surface area contributed by atoms with Gasteiger partial charge in [0.15, 0.2) is 14.6 Å². The summed E-state index contributed by atoms with van der Waals surface area (Å²) in [7, 11) is 0.534. The molecule has 2 aromatic heterocycles. The molecule has 0 saturated heterocycles. The van der Waals surface area contributed by atoms with Gasteiger partial charge < -0.3 is 14.1 Å². The lowest BCUT2D eigenvalue weighted by Gasteiger charge is -2.36. The van der Waals surface area contributed by atoms with E-state index in [2.05, 4.69) is 82.2 Å². The van der Waals surface area contributed by atoms with Crippen molar-refractivity contribution in [3.63, 3.8) is 0 Å². The van der Waals surface area contributed by atoms with E-state index in [4.69, 9.17) is 9.16 Å². The summed E-state index contributed by atoms with van der Waals surface area (Å²) in [6.07, 6.45) is 6.93. The summed E-state index contributed by atoms with van der Waals surface area (Å²) in [4.78, 5) is 15.5. The predicted octanol–water partition coefficient (Wildman–Crippen LogP) is 10.4. The minimum absolute atomic E-state index is 0.279. The molecule has 0 N–H and O–H groups in total. The highest BCUT2D eigenvalue weighted by Crippen LogP contribution is 2.41. The van der Waals surface area contributed by atoms with E-state index in [1.807, 2.05) is 24.3 Å². The SMILES string of the molecule is CN(CCCCCCCO[Si](C)(C)C(C)(C)C)c1ccc(-c2cc3sc(C=O)cc3s2)cc1OCc1ccccc1. The molecule has 0 unspecified atom stereocenters. The molecule has 220 valence electrons. The predicted molar refractivity (Wildman–Crippen MR) is 181 cm³/mol. The van der Waals surface area contributed by atoms with Gasteiger partial charge in [-0.05, 0) is 66.4 Å². The Morgan fingerprint density at radius 2 is 1.59 bits per heavy atom. The molecule has 2 heterocycles. The average molecular weight is 608 g/mol. The monoisotopic (exact) mass is 607 g/mol. The lowest BCUT2D eigenvalue weighted by molar-refractivity contribution is 0.112. The zero-order valence-electron chi connectivity index (χ0n) is 25.5. The first kappa shape index (κ1) is 31.5. The van der Waals surface area contributed by atoms with Gasteiger partial charge in [-0.3, -0.25) is 4.79 Å². The van der Waals surface area contributed by atoms with Gasteiger partial charge in [-0.25, -0.2) is 0 Å². The Balaban J connectivity index is 1.35. The molecule has 0 amide bonds. The number of aldehydes is 1. The molecule has 0 fully saturated rings. The molecule has 0 spiro atoms. The molecule has 0 aliphatic carbocycles. The number of carbonyl (C=O) groups is 1. The average Bonchev–Trinajstić information content (AvgIpc) is 3.52. The molecule has 0 aliphatic rings. The van der Waals surface area contributed by atoms with Crippen LogP contribution in [0.5, 0.6) is 5.75 Å². The van der Waals surface area contributed by atoms with Gasteiger partial charge >= 0.3 is 0 Å². The van der Waals surface area contributed by atoms with E-state index in [9.17, 15) is 4.79 Å². The van der Waals surface area contributed by atoms with Gasteiger partial charge in [-0.1, -0.05) is 76.4 Å². The van der Waals surface area contributed by atoms with Gasteiger partial charge in [0.2, 0.25) is 0 Å². The molecular formula is C34H45NO3S2Si. The molecule has 4 nitrogen and oxygen atoms in total. The first-order valence-electron chi connectivity index (χ1n) is 14.7. The number of nitrogens with zero attached hydrogens (tertiary/aromatic N) is 1. The van der Waals surface area contributed by atoms with Crippen molar-refractivity contribution in [2.75, 3.05) is 25.1 Å². The Hall–Kier alpha value is -2.45. The van der Waals surface area contributed by atoms with E-state index in [-0.39, 0.29) is 5.04 Å². The smallest absolute Gasteiger partial charge is 0.191 e. The lowest BCUT2D eigenvalue weighted by Crippen LogP contribution is -2.40. The lowest BCUT2D eigenvalue weighted by atomic mass is 10.1. The van der Waals surface area contributed by atoms with Gasteiger partial charge in [0, 0.05) is 34.5 Å². The number of fused-ring (bicyclic) bond motifs is 1. The molecule has 41 heavy (non-hydrogen) atoms. The quantitative estimate of drug-likeness (QED) is 0.0765. The van der Waals surface area contributed by atoms with Crippen molar-refractivity contribution in [3.8, 4) is 16.2 Å². The third-order valence-corrected chi connectivity index (χ3v) is 14.9. The van der Waals surface area contributed by atoms with E-state index in [0.717, 1.165) is 69.1 Å². The van der Waals surface area contributed by atoms with Crippen molar-refractivity contribution in [2.45, 2.75) is 77.6 Å². The maximum Gasteiger partial charge on any atom is 0.191 e. The third kappa shape index (κ3) is 8.54. The third-order valence-electron chi connectivity index (χ3n) is 8.14. The summed E-state index contributed by atoms with van der Waals surface area (Å²) in [5, 5.41) is 0.279. The number of ether oxygens (including phenoxy) is 1. The number of rotatable bonds is 15. The van der Waals surface area contributed by atoms with E-state index in [1.54, 1.807) is 22.7 Å². The van der Waals surface area contributed by atoms with Gasteiger partial charge in [0.05, 0.1) is 10.6 Å². The number of benzene rings is 2. The molecule has 0 radical (unpaired) electrons. The largest absolute Gasteiger partial charge is 0.487 e. The number of thiophene rings is 2. The summed E-state index contributed by atoms with van der Waals surface area (Å²) in [6.45, 7) is 14.0. The maximum absolute atomic E-state index is 11.2. The van der Waals surface area contributed by atoms with Crippen LogP contribution in [0.15, 0.2) is 60.7 Å². The Kier molecular flexibility index (Phi) is 10.9. The van der Waals surface area contributed by atoms with Crippen LogP contribution in [0.1, 0.15) is 68.1 Å². The van der Waals surface area contributed by atoms with Crippen LogP contribution in [-0.4, -0.2) is 34.8 Å². The number of carbonyl (C=O) groups excluding carboxylic acids is 1. The van der Waals surface area contributed by atoms with Crippen LogP contribution >= 0.6 is 22.7 Å². The summed E-state index contributed by atoms with van der Waals surface area (Å²) in [5.41, 5.74) is 3.42. The first-order chi connectivity index (χ1) is 19.6. The molecule has 0 saturated carbocycles. The first-order valence-corrected chi connectivity index (χ1v) is 19.3. The highest BCUT2D eigenvalue weighted by Gasteiger charge is 2.36. The fourth-order valence-electron chi connectivity index (χ4n) is 4.53. The maximum atomic E-state index is 11.2. The molecule has 4 aromatic rings. The Labute approximate surface area is 255 Å². The van der Waals surface area contributed by atoms with Crippen LogP contribution in [0, 0.1) is 0 Å². The Bertz CT molecular complexity index is 1370. The van der Waals surface area contributed by atoms with Crippen molar-refractivity contribution >= 4 is 52.4 Å². The zero-order valence-corrected chi connectivity index (χ0v) is 28.1.